The minimum absolute atomic E-state index is 0.621. The Morgan fingerprint density at radius 1 is 1.31 bits per heavy atom. The molecule has 0 aliphatic carbocycles. The van der Waals surface area contributed by atoms with E-state index in [1.807, 2.05) is 0 Å². The number of nitrogens with one attached hydrogen (secondary N) is 1. The standard InChI is InChI=1S/C14H30N2/c1-5-7-13(4)11-16-9-6-8-14(16)10-15-12(2)3/h12-15H,5-11H2,1-4H3. The van der Waals surface area contributed by atoms with Gasteiger partial charge in [0.25, 0.3) is 0 Å². The van der Waals surface area contributed by atoms with Gasteiger partial charge in [-0.2, -0.15) is 0 Å². The summed E-state index contributed by atoms with van der Waals surface area (Å²) in [5, 5.41) is 3.58. The fourth-order valence-corrected chi connectivity index (χ4v) is 2.72. The molecular formula is C14H30N2. The summed E-state index contributed by atoms with van der Waals surface area (Å²) in [5.74, 6) is 0.865. The quantitative estimate of drug-likeness (QED) is 0.718. The zero-order valence-electron chi connectivity index (χ0n) is 11.6. The van der Waals surface area contributed by atoms with Crippen LogP contribution in [0.2, 0.25) is 0 Å². The third-order valence-corrected chi connectivity index (χ3v) is 3.59. The Kier molecular flexibility index (Phi) is 6.37. The van der Waals surface area contributed by atoms with E-state index in [4.69, 9.17) is 0 Å². The molecule has 1 aliphatic rings. The molecule has 0 amide bonds. The van der Waals surface area contributed by atoms with Crippen LogP contribution in [-0.4, -0.2) is 36.6 Å². The Morgan fingerprint density at radius 3 is 2.69 bits per heavy atom. The fraction of sp³-hybridized carbons (Fsp3) is 1.00. The molecule has 1 saturated heterocycles. The SMILES string of the molecule is CCCC(C)CN1CCCC1CNC(C)C. The largest absolute Gasteiger partial charge is 0.313 e. The second-order valence-electron chi connectivity index (χ2n) is 5.75. The van der Waals surface area contributed by atoms with Crippen LogP contribution < -0.4 is 5.32 Å². The molecule has 0 radical (unpaired) electrons. The lowest BCUT2D eigenvalue weighted by molar-refractivity contribution is 0.208. The molecular weight excluding hydrogens is 196 g/mol. The highest BCUT2D eigenvalue weighted by Crippen LogP contribution is 2.19. The van der Waals surface area contributed by atoms with E-state index >= 15 is 0 Å². The molecule has 0 spiro atoms. The second kappa shape index (κ2) is 7.29. The molecule has 96 valence electrons. The van der Waals surface area contributed by atoms with Crippen molar-refractivity contribution in [1.29, 1.82) is 0 Å². The molecule has 2 nitrogen and oxygen atoms in total. The molecule has 0 bridgehead atoms. The van der Waals surface area contributed by atoms with E-state index in [1.165, 1.54) is 45.3 Å². The lowest BCUT2D eigenvalue weighted by atomic mass is 10.1. The lowest BCUT2D eigenvalue weighted by Crippen LogP contribution is -2.41. The summed E-state index contributed by atoms with van der Waals surface area (Å²) in [5.41, 5.74) is 0. The van der Waals surface area contributed by atoms with E-state index in [0.717, 1.165) is 12.0 Å². The van der Waals surface area contributed by atoms with Gasteiger partial charge in [-0.05, 0) is 31.7 Å². The number of hydrogen-bond acceptors (Lipinski definition) is 2. The first-order chi connectivity index (χ1) is 7.63. The molecule has 0 aromatic heterocycles. The van der Waals surface area contributed by atoms with E-state index in [0.29, 0.717) is 6.04 Å². The molecule has 2 atom stereocenters. The Balaban J connectivity index is 2.28. The van der Waals surface area contributed by atoms with E-state index < -0.39 is 0 Å². The lowest BCUT2D eigenvalue weighted by Gasteiger charge is -2.28. The van der Waals surface area contributed by atoms with Crippen LogP contribution in [0.25, 0.3) is 0 Å². The average Bonchev–Trinajstić information content (AvgIpc) is 2.62. The summed E-state index contributed by atoms with van der Waals surface area (Å²) in [7, 11) is 0. The van der Waals surface area contributed by atoms with Crippen molar-refractivity contribution in [2.24, 2.45) is 5.92 Å². The zero-order valence-corrected chi connectivity index (χ0v) is 11.6. The highest BCUT2D eigenvalue weighted by Gasteiger charge is 2.25. The maximum absolute atomic E-state index is 3.58. The van der Waals surface area contributed by atoms with Gasteiger partial charge in [0.2, 0.25) is 0 Å². The Morgan fingerprint density at radius 2 is 2.06 bits per heavy atom. The third kappa shape index (κ3) is 4.84. The van der Waals surface area contributed by atoms with E-state index in [-0.39, 0.29) is 0 Å². The average molecular weight is 226 g/mol. The minimum atomic E-state index is 0.621. The van der Waals surface area contributed by atoms with Crippen molar-refractivity contribution in [3.8, 4) is 0 Å². The monoisotopic (exact) mass is 226 g/mol. The maximum atomic E-state index is 3.58. The predicted molar refractivity (Wildman–Crippen MR) is 71.8 cm³/mol. The van der Waals surface area contributed by atoms with Crippen LogP contribution in [-0.2, 0) is 0 Å². The highest BCUT2D eigenvalue weighted by atomic mass is 15.2. The fourth-order valence-electron chi connectivity index (χ4n) is 2.72. The number of nitrogens with zero attached hydrogens (tertiary/aromatic N) is 1. The van der Waals surface area contributed by atoms with Crippen LogP contribution in [0.1, 0.15) is 53.4 Å². The smallest absolute Gasteiger partial charge is 0.0221 e. The highest BCUT2D eigenvalue weighted by molar-refractivity contribution is 4.82. The van der Waals surface area contributed by atoms with Crippen molar-refractivity contribution < 1.29 is 0 Å². The topological polar surface area (TPSA) is 15.3 Å². The Labute approximate surface area is 102 Å². The van der Waals surface area contributed by atoms with Crippen LogP contribution in [0, 0.1) is 5.92 Å². The molecule has 0 aromatic rings. The number of rotatable bonds is 7. The van der Waals surface area contributed by atoms with Gasteiger partial charge in [0, 0.05) is 25.2 Å². The molecule has 16 heavy (non-hydrogen) atoms. The van der Waals surface area contributed by atoms with E-state index in [9.17, 15) is 0 Å². The zero-order chi connectivity index (χ0) is 12.0. The van der Waals surface area contributed by atoms with Gasteiger partial charge in [0.15, 0.2) is 0 Å². The first kappa shape index (κ1) is 14.0. The van der Waals surface area contributed by atoms with Crippen molar-refractivity contribution in [2.75, 3.05) is 19.6 Å². The Hall–Kier alpha value is -0.0800. The second-order valence-corrected chi connectivity index (χ2v) is 5.75. The first-order valence-corrected chi connectivity index (χ1v) is 7.11. The first-order valence-electron chi connectivity index (χ1n) is 7.11. The van der Waals surface area contributed by atoms with Crippen molar-refractivity contribution in [3.05, 3.63) is 0 Å². The van der Waals surface area contributed by atoms with E-state index in [2.05, 4.69) is 37.9 Å². The molecule has 1 fully saturated rings. The van der Waals surface area contributed by atoms with Crippen LogP contribution in [0.5, 0.6) is 0 Å². The van der Waals surface area contributed by atoms with Gasteiger partial charge >= 0.3 is 0 Å². The molecule has 1 heterocycles. The summed E-state index contributed by atoms with van der Waals surface area (Å²) in [6.45, 7) is 13.0. The van der Waals surface area contributed by atoms with Gasteiger partial charge in [0.1, 0.15) is 0 Å². The van der Waals surface area contributed by atoms with Crippen molar-refractivity contribution in [1.82, 2.24) is 10.2 Å². The number of hydrogen-bond donors (Lipinski definition) is 1. The van der Waals surface area contributed by atoms with Gasteiger partial charge in [-0.25, -0.2) is 0 Å². The molecule has 2 heteroatoms. The van der Waals surface area contributed by atoms with Crippen LogP contribution in [0.4, 0.5) is 0 Å². The van der Waals surface area contributed by atoms with Gasteiger partial charge in [-0.1, -0.05) is 34.1 Å². The van der Waals surface area contributed by atoms with E-state index in [1.54, 1.807) is 0 Å². The molecule has 1 rings (SSSR count). The van der Waals surface area contributed by atoms with Crippen LogP contribution >= 0.6 is 0 Å². The van der Waals surface area contributed by atoms with Gasteiger partial charge in [-0.3, -0.25) is 4.90 Å². The summed E-state index contributed by atoms with van der Waals surface area (Å²) in [4.78, 5) is 2.70. The number of likely N-dealkylation sites (tertiary alicyclic amines) is 1. The van der Waals surface area contributed by atoms with Crippen molar-refractivity contribution in [2.45, 2.75) is 65.5 Å². The summed E-state index contributed by atoms with van der Waals surface area (Å²) >= 11 is 0. The molecule has 0 saturated carbocycles. The Bertz CT molecular complexity index is 180. The van der Waals surface area contributed by atoms with Gasteiger partial charge in [-0.15, -0.1) is 0 Å². The molecule has 0 aromatic carbocycles. The van der Waals surface area contributed by atoms with Crippen LogP contribution in [0.15, 0.2) is 0 Å². The van der Waals surface area contributed by atoms with Crippen molar-refractivity contribution in [3.63, 3.8) is 0 Å². The molecule has 1 N–H and O–H groups in total. The van der Waals surface area contributed by atoms with Crippen LogP contribution in [0.3, 0.4) is 0 Å². The van der Waals surface area contributed by atoms with Gasteiger partial charge in [0.05, 0.1) is 0 Å². The molecule has 1 aliphatic heterocycles. The summed E-state index contributed by atoms with van der Waals surface area (Å²) in [6, 6.07) is 1.41. The van der Waals surface area contributed by atoms with Crippen molar-refractivity contribution >= 4 is 0 Å². The minimum Gasteiger partial charge on any atom is -0.313 e. The summed E-state index contributed by atoms with van der Waals surface area (Å²) < 4.78 is 0. The third-order valence-electron chi connectivity index (χ3n) is 3.59. The normalized spacial score (nSPS) is 24.2. The molecule has 2 unspecified atom stereocenters. The predicted octanol–water partition coefficient (Wildman–Crippen LogP) is 2.89. The summed E-state index contributed by atoms with van der Waals surface area (Å²) in [6.07, 6.45) is 5.48. The maximum Gasteiger partial charge on any atom is 0.0221 e. The van der Waals surface area contributed by atoms with Gasteiger partial charge < -0.3 is 5.32 Å².